The van der Waals surface area contributed by atoms with E-state index in [1.165, 1.54) is 0 Å². The van der Waals surface area contributed by atoms with Crippen molar-refractivity contribution < 1.29 is 9.53 Å². The lowest BCUT2D eigenvalue weighted by Crippen LogP contribution is -2.43. The molecule has 0 saturated carbocycles. The molecule has 1 aromatic rings. The van der Waals surface area contributed by atoms with Gasteiger partial charge in [-0.3, -0.25) is 9.69 Å². The fourth-order valence-corrected chi connectivity index (χ4v) is 3.19. The number of ether oxygens (including phenoxy) is 1. The van der Waals surface area contributed by atoms with Crippen LogP contribution in [-0.2, 0) is 16.1 Å². The van der Waals surface area contributed by atoms with Crippen molar-refractivity contribution in [2.45, 2.75) is 19.4 Å². The molecule has 0 spiro atoms. The van der Waals surface area contributed by atoms with Crippen LogP contribution in [0.1, 0.15) is 18.4 Å². The van der Waals surface area contributed by atoms with Gasteiger partial charge in [-0.25, -0.2) is 0 Å². The van der Waals surface area contributed by atoms with Crippen molar-refractivity contribution >= 4 is 29.1 Å². The van der Waals surface area contributed by atoms with Crippen LogP contribution in [-0.4, -0.2) is 44.2 Å². The first-order chi connectivity index (χ1) is 10.6. The molecule has 22 heavy (non-hydrogen) atoms. The second kappa shape index (κ2) is 8.73. The summed E-state index contributed by atoms with van der Waals surface area (Å²) in [6, 6.07) is 5.56. The molecule has 1 heterocycles. The number of carbonyl (C=O) groups excluding carboxylic acids is 1. The second-order valence-corrected chi connectivity index (χ2v) is 6.44. The number of methoxy groups -OCH3 is 1. The number of hydrogen-bond donors (Lipinski definition) is 1. The highest BCUT2D eigenvalue weighted by molar-refractivity contribution is 6.35. The predicted molar refractivity (Wildman–Crippen MR) is 89.3 cm³/mol. The number of nitrogens with one attached hydrogen (secondary N) is 1. The lowest BCUT2D eigenvalue weighted by Gasteiger charge is -2.32. The van der Waals surface area contributed by atoms with Gasteiger partial charge >= 0.3 is 0 Å². The number of nitrogens with zero attached hydrogens (tertiary/aromatic N) is 1. The summed E-state index contributed by atoms with van der Waals surface area (Å²) in [6.45, 7) is 3.60. The van der Waals surface area contributed by atoms with Crippen molar-refractivity contribution in [2.24, 2.45) is 5.92 Å². The Morgan fingerprint density at radius 1 is 1.45 bits per heavy atom. The van der Waals surface area contributed by atoms with Gasteiger partial charge in [-0.15, -0.1) is 0 Å². The van der Waals surface area contributed by atoms with E-state index in [0.717, 1.165) is 38.0 Å². The number of hydrogen-bond acceptors (Lipinski definition) is 3. The van der Waals surface area contributed by atoms with Gasteiger partial charge in [-0.2, -0.15) is 0 Å². The van der Waals surface area contributed by atoms with Gasteiger partial charge in [-0.1, -0.05) is 29.3 Å². The number of rotatable bonds is 6. The molecule has 0 aromatic heterocycles. The van der Waals surface area contributed by atoms with Gasteiger partial charge in [0, 0.05) is 36.8 Å². The van der Waals surface area contributed by atoms with Crippen molar-refractivity contribution in [3.8, 4) is 0 Å². The zero-order valence-electron chi connectivity index (χ0n) is 12.8. The molecule has 4 nitrogen and oxygen atoms in total. The molecule has 1 aliphatic heterocycles. The lowest BCUT2D eigenvalue weighted by molar-refractivity contribution is -0.127. The highest BCUT2D eigenvalue weighted by Gasteiger charge is 2.25. The smallest absolute Gasteiger partial charge is 0.224 e. The summed E-state index contributed by atoms with van der Waals surface area (Å²) in [4.78, 5) is 14.4. The van der Waals surface area contributed by atoms with E-state index < -0.39 is 0 Å². The fourth-order valence-electron chi connectivity index (χ4n) is 2.72. The van der Waals surface area contributed by atoms with Crippen LogP contribution in [0.15, 0.2) is 18.2 Å². The first-order valence-corrected chi connectivity index (χ1v) is 8.28. The van der Waals surface area contributed by atoms with Crippen molar-refractivity contribution in [2.75, 3.05) is 33.4 Å². The lowest BCUT2D eigenvalue weighted by atomic mass is 9.96. The quantitative estimate of drug-likeness (QED) is 0.806. The summed E-state index contributed by atoms with van der Waals surface area (Å²) < 4.78 is 4.95. The minimum absolute atomic E-state index is 0.0386. The molecule has 0 unspecified atom stereocenters. The van der Waals surface area contributed by atoms with Crippen LogP contribution in [0.4, 0.5) is 0 Å². The van der Waals surface area contributed by atoms with E-state index in [0.29, 0.717) is 23.2 Å². The summed E-state index contributed by atoms with van der Waals surface area (Å²) in [5, 5.41) is 4.24. The minimum atomic E-state index is 0.0386. The molecule has 6 heteroatoms. The molecule has 0 bridgehead atoms. The van der Waals surface area contributed by atoms with Crippen LogP contribution in [0.5, 0.6) is 0 Å². The zero-order valence-corrected chi connectivity index (χ0v) is 14.3. The number of likely N-dealkylation sites (tertiary alicyclic amines) is 1. The Kier molecular flexibility index (Phi) is 6.96. The van der Waals surface area contributed by atoms with Gasteiger partial charge < -0.3 is 10.1 Å². The molecule has 1 atom stereocenters. The molecule has 122 valence electrons. The summed E-state index contributed by atoms with van der Waals surface area (Å²) in [7, 11) is 1.63. The van der Waals surface area contributed by atoms with Gasteiger partial charge in [0.2, 0.25) is 5.91 Å². The molecule has 1 N–H and O–H groups in total. The molecule has 2 rings (SSSR count). The molecule has 0 aliphatic carbocycles. The third-order valence-electron chi connectivity index (χ3n) is 3.89. The zero-order chi connectivity index (χ0) is 15.9. The third kappa shape index (κ3) is 5.13. The number of halogens is 2. The molecule has 1 amide bonds. The Morgan fingerprint density at radius 2 is 2.27 bits per heavy atom. The van der Waals surface area contributed by atoms with Crippen LogP contribution in [0, 0.1) is 5.92 Å². The Hall–Kier alpha value is -0.810. The normalized spacial score (nSPS) is 19.1. The highest BCUT2D eigenvalue weighted by Crippen LogP contribution is 2.24. The van der Waals surface area contributed by atoms with E-state index in [4.69, 9.17) is 27.9 Å². The molecule has 0 radical (unpaired) electrons. The van der Waals surface area contributed by atoms with Crippen LogP contribution >= 0.6 is 23.2 Å². The molecule has 1 aliphatic rings. The van der Waals surface area contributed by atoms with Crippen LogP contribution in [0.3, 0.4) is 0 Å². The van der Waals surface area contributed by atoms with E-state index in [1.54, 1.807) is 13.2 Å². The SMILES string of the molecule is COCCNC(=O)[C@@H]1CCCN(Cc2ccc(Cl)cc2Cl)C1. The van der Waals surface area contributed by atoms with E-state index >= 15 is 0 Å². The summed E-state index contributed by atoms with van der Waals surface area (Å²) >= 11 is 12.2. The molecule has 1 saturated heterocycles. The van der Waals surface area contributed by atoms with Crippen LogP contribution in [0.25, 0.3) is 0 Å². The third-order valence-corrected chi connectivity index (χ3v) is 4.48. The maximum absolute atomic E-state index is 12.1. The Bertz CT molecular complexity index is 511. The molecule has 1 aromatic carbocycles. The summed E-state index contributed by atoms with van der Waals surface area (Å²) in [6.07, 6.45) is 1.96. The first kappa shape index (κ1) is 17.5. The van der Waals surface area contributed by atoms with Gasteiger partial charge in [0.15, 0.2) is 0 Å². The van der Waals surface area contributed by atoms with E-state index in [2.05, 4.69) is 10.2 Å². The van der Waals surface area contributed by atoms with Crippen LogP contribution < -0.4 is 5.32 Å². The van der Waals surface area contributed by atoms with Gasteiger partial charge in [-0.05, 0) is 37.1 Å². The Morgan fingerprint density at radius 3 is 3.00 bits per heavy atom. The predicted octanol–water partition coefficient (Wildman–Crippen LogP) is 2.97. The fraction of sp³-hybridized carbons (Fsp3) is 0.562. The van der Waals surface area contributed by atoms with Crippen molar-refractivity contribution in [1.82, 2.24) is 10.2 Å². The minimum Gasteiger partial charge on any atom is -0.383 e. The highest BCUT2D eigenvalue weighted by atomic mass is 35.5. The van der Waals surface area contributed by atoms with Gasteiger partial charge in [0.25, 0.3) is 0 Å². The van der Waals surface area contributed by atoms with Gasteiger partial charge in [0.05, 0.1) is 12.5 Å². The van der Waals surface area contributed by atoms with E-state index in [9.17, 15) is 4.79 Å². The number of carbonyl (C=O) groups is 1. The number of piperidine rings is 1. The monoisotopic (exact) mass is 344 g/mol. The first-order valence-electron chi connectivity index (χ1n) is 7.53. The number of amides is 1. The molecular weight excluding hydrogens is 323 g/mol. The average molecular weight is 345 g/mol. The maximum atomic E-state index is 12.1. The average Bonchev–Trinajstić information content (AvgIpc) is 2.50. The molecular formula is C16H22Cl2N2O2. The number of benzene rings is 1. The maximum Gasteiger partial charge on any atom is 0.224 e. The van der Waals surface area contributed by atoms with Crippen molar-refractivity contribution in [1.29, 1.82) is 0 Å². The Balaban J connectivity index is 1.88. The largest absolute Gasteiger partial charge is 0.383 e. The van der Waals surface area contributed by atoms with Crippen molar-refractivity contribution in [3.05, 3.63) is 33.8 Å². The van der Waals surface area contributed by atoms with E-state index in [-0.39, 0.29) is 11.8 Å². The standard InChI is InChI=1S/C16H22Cl2N2O2/c1-22-8-6-19-16(21)13-3-2-7-20(11-13)10-12-4-5-14(17)9-15(12)18/h4-5,9,13H,2-3,6-8,10-11H2,1H3,(H,19,21)/t13-/m1/s1. The van der Waals surface area contributed by atoms with Crippen LogP contribution in [0.2, 0.25) is 10.0 Å². The molecule has 1 fully saturated rings. The van der Waals surface area contributed by atoms with E-state index in [1.807, 2.05) is 12.1 Å². The summed E-state index contributed by atoms with van der Waals surface area (Å²) in [5.41, 5.74) is 1.05. The second-order valence-electron chi connectivity index (χ2n) is 5.59. The van der Waals surface area contributed by atoms with Crippen molar-refractivity contribution in [3.63, 3.8) is 0 Å². The topological polar surface area (TPSA) is 41.6 Å². The Labute approximate surface area is 141 Å². The van der Waals surface area contributed by atoms with Gasteiger partial charge in [0.1, 0.15) is 0 Å². The summed E-state index contributed by atoms with van der Waals surface area (Å²) in [5.74, 6) is 0.153.